The molecular formula is C26H32N4O3. The number of piperidine rings is 1. The molecule has 7 heteroatoms. The van der Waals surface area contributed by atoms with Gasteiger partial charge in [0.05, 0.1) is 7.11 Å². The highest BCUT2D eigenvalue weighted by atomic mass is 16.5. The number of nitrogens with zero attached hydrogens (tertiary/aromatic N) is 2. The van der Waals surface area contributed by atoms with Gasteiger partial charge in [-0.05, 0) is 66.8 Å². The van der Waals surface area contributed by atoms with Crippen LogP contribution in [-0.2, 0) is 11.2 Å². The number of primary amides is 1. The molecule has 2 saturated heterocycles. The van der Waals surface area contributed by atoms with E-state index in [-0.39, 0.29) is 12.1 Å². The molecule has 0 radical (unpaired) electrons. The summed E-state index contributed by atoms with van der Waals surface area (Å²) in [6.07, 6.45) is 4.27. The quantitative estimate of drug-likeness (QED) is 0.711. The third-order valence-electron chi connectivity index (χ3n) is 7.42. The van der Waals surface area contributed by atoms with Crippen molar-refractivity contribution in [3.8, 4) is 5.75 Å². The molecule has 7 nitrogen and oxygen atoms in total. The third kappa shape index (κ3) is 4.29. The molecule has 3 aliphatic rings. The van der Waals surface area contributed by atoms with Crippen LogP contribution in [0.1, 0.15) is 54.5 Å². The average molecular weight is 449 g/mol. The summed E-state index contributed by atoms with van der Waals surface area (Å²) in [6, 6.07) is 16.3. The first kappa shape index (κ1) is 21.8. The zero-order valence-electron chi connectivity index (χ0n) is 19.1. The fourth-order valence-corrected chi connectivity index (χ4v) is 5.16. The van der Waals surface area contributed by atoms with Crippen molar-refractivity contribution in [2.75, 3.05) is 26.7 Å². The third-order valence-corrected chi connectivity index (χ3v) is 7.42. The smallest absolute Gasteiger partial charge is 0.314 e. The van der Waals surface area contributed by atoms with Crippen molar-refractivity contribution in [2.24, 2.45) is 5.73 Å². The number of nitrogens with two attached hydrogens (primary N) is 1. The predicted octanol–water partition coefficient (Wildman–Crippen LogP) is 3.16. The highest BCUT2D eigenvalue weighted by Gasteiger charge is 2.52. The van der Waals surface area contributed by atoms with Crippen LogP contribution in [0.5, 0.6) is 5.75 Å². The van der Waals surface area contributed by atoms with E-state index in [2.05, 4.69) is 29.6 Å². The van der Waals surface area contributed by atoms with Crippen molar-refractivity contribution in [3.05, 3.63) is 65.2 Å². The van der Waals surface area contributed by atoms with Crippen LogP contribution in [0.25, 0.3) is 0 Å². The van der Waals surface area contributed by atoms with Crippen LogP contribution >= 0.6 is 0 Å². The van der Waals surface area contributed by atoms with Gasteiger partial charge in [0.2, 0.25) is 5.91 Å². The molecule has 2 aliphatic heterocycles. The number of hydrogen-bond donors (Lipinski definition) is 2. The molecule has 1 spiro atoms. The van der Waals surface area contributed by atoms with Gasteiger partial charge in [-0.15, -0.1) is 0 Å². The van der Waals surface area contributed by atoms with Crippen LogP contribution in [0, 0.1) is 0 Å². The molecule has 0 bridgehead atoms. The van der Waals surface area contributed by atoms with Gasteiger partial charge in [0.25, 0.3) is 0 Å². The maximum Gasteiger partial charge on any atom is 0.314 e. The molecule has 1 atom stereocenters. The number of carbonyl (C=O) groups is 2. The van der Waals surface area contributed by atoms with E-state index in [0.29, 0.717) is 38.4 Å². The molecule has 5 rings (SSSR count). The van der Waals surface area contributed by atoms with Crippen molar-refractivity contribution in [1.29, 1.82) is 0 Å². The number of likely N-dealkylation sites (tertiary alicyclic amines) is 1. The Morgan fingerprint density at radius 2 is 1.70 bits per heavy atom. The van der Waals surface area contributed by atoms with Crippen LogP contribution < -0.4 is 15.8 Å². The van der Waals surface area contributed by atoms with Gasteiger partial charge in [-0.3, -0.25) is 10.1 Å². The zero-order chi connectivity index (χ0) is 23.0. The van der Waals surface area contributed by atoms with Crippen LogP contribution in [0.4, 0.5) is 4.79 Å². The highest BCUT2D eigenvalue weighted by molar-refractivity contribution is 5.89. The summed E-state index contributed by atoms with van der Waals surface area (Å²) < 4.78 is 5.26. The molecule has 174 valence electrons. The Balaban J connectivity index is 1.37. The highest BCUT2D eigenvalue weighted by Crippen LogP contribution is 2.41. The molecule has 0 aromatic heterocycles. The van der Waals surface area contributed by atoms with Gasteiger partial charge in [0.15, 0.2) is 0 Å². The first-order chi connectivity index (χ1) is 16.0. The minimum absolute atomic E-state index is 0.122. The Morgan fingerprint density at radius 1 is 1.06 bits per heavy atom. The molecule has 3 amide bonds. The van der Waals surface area contributed by atoms with Gasteiger partial charge in [-0.25, -0.2) is 4.79 Å². The first-order valence-electron chi connectivity index (χ1n) is 11.8. The van der Waals surface area contributed by atoms with Gasteiger partial charge in [-0.2, -0.15) is 0 Å². The minimum atomic E-state index is -0.647. The molecule has 3 fully saturated rings. The summed E-state index contributed by atoms with van der Waals surface area (Å²) in [5, 5.41) is 3.68. The SMILES string of the molecule is COc1ccc(CCN2C(=O)C3(CCN(C(N)=O)CC3)NC2c2ccc(C3CC3)cc2)cc1. The van der Waals surface area contributed by atoms with E-state index < -0.39 is 11.6 Å². The van der Waals surface area contributed by atoms with E-state index in [1.165, 1.54) is 18.4 Å². The van der Waals surface area contributed by atoms with Gasteiger partial charge < -0.3 is 20.3 Å². The van der Waals surface area contributed by atoms with E-state index in [0.717, 1.165) is 23.3 Å². The van der Waals surface area contributed by atoms with Gasteiger partial charge >= 0.3 is 6.03 Å². The largest absolute Gasteiger partial charge is 0.497 e. The lowest BCUT2D eigenvalue weighted by molar-refractivity contribution is -0.134. The lowest BCUT2D eigenvalue weighted by Crippen LogP contribution is -2.56. The molecule has 2 aromatic carbocycles. The first-order valence-corrected chi connectivity index (χ1v) is 11.8. The van der Waals surface area contributed by atoms with E-state index in [9.17, 15) is 9.59 Å². The van der Waals surface area contributed by atoms with E-state index >= 15 is 0 Å². The molecule has 1 unspecified atom stereocenters. The molecule has 2 aromatic rings. The number of urea groups is 1. The molecule has 2 heterocycles. The number of nitrogens with one attached hydrogen (secondary N) is 1. The summed E-state index contributed by atoms with van der Waals surface area (Å²) in [5.41, 5.74) is 8.48. The zero-order valence-corrected chi connectivity index (χ0v) is 19.1. The lowest BCUT2D eigenvalue weighted by Gasteiger charge is -2.37. The summed E-state index contributed by atoms with van der Waals surface area (Å²) in [5.74, 6) is 1.65. The fourth-order valence-electron chi connectivity index (χ4n) is 5.16. The standard InChI is InChI=1S/C26H32N4O3/c1-33-22-10-2-18(3-11-22)12-15-30-23(21-8-6-20(7-9-21)19-4-5-19)28-26(24(30)31)13-16-29(17-14-26)25(27)32/h2-3,6-11,19,23,28H,4-5,12-17H2,1H3,(H2,27,32). The van der Waals surface area contributed by atoms with E-state index in [1.54, 1.807) is 12.0 Å². The number of hydrogen-bond acceptors (Lipinski definition) is 4. The van der Waals surface area contributed by atoms with Crippen molar-refractivity contribution >= 4 is 11.9 Å². The molecule has 3 N–H and O–H groups in total. The second kappa shape index (κ2) is 8.71. The predicted molar refractivity (Wildman–Crippen MR) is 126 cm³/mol. The molecular weight excluding hydrogens is 416 g/mol. The maximum atomic E-state index is 13.8. The Labute approximate surface area is 194 Å². The Morgan fingerprint density at radius 3 is 2.27 bits per heavy atom. The number of rotatable bonds is 6. The number of ether oxygens (including phenoxy) is 1. The van der Waals surface area contributed by atoms with E-state index in [4.69, 9.17) is 10.5 Å². The van der Waals surface area contributed by atoms with Gasteiger partial charge in [-0.1, -0.05) is 36.4 Å². The number of carbonyl (C=O) groups excluding carboxylic acids is 2. The summed E-state index contributed by atoms with van der Waals surface area (Å²) in [6.45, 7) is 1.61. The Bertz CT molecular complexity index is 1010. The summed E-state index contributed by atoms with van der Waals surface area (Å²) >= 11 is 0. The van der Waals surface area contributed by atoms with Crippen LogP contribution in [-0.4, -0.2) is 54.0 Å². The fraction of sp³-hybridized carbons (Fsp3) is 0.462. The lowest BCUT2D eigenvalue weighted by atomic mass is 9.87. The Kier molecular flexibility index (Phi) is 5.74. The second-order valence-corrected chi connectivity index (χ2v) is 9.49. The average Bonchev–Trinajstić information content (AvgIpc) is 3.66. The maximum absolute atomic E-state index is 13.8. The van der Waals surface area contributed by atoms with Gasteiger partial charge in [0.1, 0.15) is 17.5 Å². The van der Waals surface area contributed by atoms with Crippen molar-refractivity contribution in [2.45, 2.75) is 49.7 Å². The molecule has 1 saturated carbocycles. The summed E-state index contributed by atoms with van der Waals surface area (Å²) in [4.78, 5) is 29.0. The number of amides is 3. The topological polar surface area (TPSA) is 87.9 Å². The Hall–Kier alpha value is -3.06. The number of methoxy groups -OCH3 is 1. The second-order valence-electron chi connectivity index (χ2n) is 9.49. The monoisotopic (exact) mass is 448 g/mol. The van der Waals surface area contributed by atoms with Gasteiger partial charge in [0, 0.05) is 19.6 Å². The summed E-state index contributed by atoms with van der Waals surface area (Å²) in [7, 11) is 1.66. The van der Waals surface area contributed by atoms with E-state index in [1.807, 2.05) is 29.2 Å². The van der Waals surface area contributed by atoms with Crippen molar-refractivity contribution in [1.82, 2.24) is 15.1 Å². The van der Waals surface area contributed by atoms with Crippen molar-refractivity contribution < 1.29 is 14.3 Å². The van der Waals surface area contributed by atoms with Crippen LogP contribution in [0.2, 0.25) is 0 Å². The van der Waals surface area contributed by atoms with Crippen LogP contribution in [0.15, 0.2) is 48.5 Å². The number of benzene rings is 2. The normalized spacial score (nSPS) is 22.1. The van der Waals surface area contributed by atoms with Crippen LogP contribution in [0.3, 0.4) is 0 Å². The molecule has 33 heavy (non-hydrogen) atoms. The molecule has 1 aliphatic carbocycles. The minimum Gasteiger partial charge on any atom is -0.497 e. The van der Waals surface area contributed by atoms with Crippen molar-refractivity contribution in [3.63, 3.8) is 0 Å².